The van der Waals surface area contributed by atoms with E-state index in [2.05, 4.69) is 4.98 Å². The maximum absolute atomic E-state index is 12.2. The molecule has 112 valence electrons. The van der Waals surface area contributed by atoms with Crippen molar-refractivity contribution in [1.29, 1.82) is 0 Å². The molecule has 0 aliphatic rings. The van der Waals surface area contributed by atoms with Gasteiger partial charge < -0.3 is 14.6 Å². The van der Waals surface area contributed by atoms with Crippen LogP contribution in [-0.4, -0.2) is 27.6 Å². The molecular weight excluding hydrogens is 296 g/mol. The monoisotopic (exact) mass is 309 g/mol. The number of nitrogens with zero attached hydrogens (tertiary/aromatic N) is 2. The van der Waals surface area contributed by atoms with Gasteiger partial charge in [-0.25, -0.2) is 9.78 Å². The molecule has 2 rings (SSSR count). The van der Waals surface area contributed by atoms with Gasteiger partial charge in [0, 0.05) is 0 Å². The Morgan fingerprint density at radius 1 is 1.48 bits per heavy atom. The highest BCUT2D eigenvalue weighted by Crippen LogP contribution is 2.27. The van der Waals surface area contributed by atoms with Crippen molar-refractivity contribution in [1.82, 2.24) is 9.55 Å². The number of carboxylic acids is 1. The molecule has 0 aliphatic heterocycles. The second-order valence-electron chi connectivity index (χ2n) is 4.74. The van der Waals surface area contributed by atoms with Crippen molar-refractivity contribution in [2.45, 2.75) is 33.4 Å². The summed E-state index contributed by atoms with van der Waals surface area (Å²) in [6, 6.07) is 0. The van der Waals surface area contributed by atoms with E-state index in [1.54, 1.807) is 20.8 Å². The average Bonchev–Trinajstić information content (AvgIpc) is 2.70. The molecule has 0 aliphatic carbocycles. The third-order valence-corrected chi connectivity index (χ3v) is 3.92. The average molecular weight is 309 g/mol. The van der Waals surface area contributed by atoms with Gasteiger partial charge in [-0.1, -0.05) is 0 Å². The Labute approximate surface area is 123 Å². The first-order valence-electron chi connectivity index (χ1n) is 6.20. The third kappa shape index (κ3) is 2.94. The molecule has 2 aromatic heterocycles. The van der Waals surface area contributed by atoms with Crippen LogP contribution in [0.15, 0.2) is 11.1 Å². The van der Waals surface area contributed by atoms with Gasteiger partial charge in [-0.15, -0.1) is 11.3 Å². The van der Waals surface area contributed by atoms with E-state index in [0.717, 1.165) is 22.2 Å². The SMILES string of the molecule is Cc1c(C(=O)OC(C)C)sc2ncn(CC(=O)[O-])c(=O)c12. The van der Waals surface area contributed by atoms with E-state index < -0.39 is 24.0 Å². The number of fused-ring (bicyclic) bond motifs is 1. The zero-order valence-electron chi connectivity index (χ0n) is 11.7. The number of carbonyl (C=O) groups excluding carboxylic acids is 2. The summed E-state index contributed by atoms with van der Waals surface area (Å²) in [5, 5.41) is 10.8. The fraction of sp³-hybridized carbons (Fsp3) is 0.385. The van der Waals surface area contributed by atoms with E-state index in [0.29, 0.717) is 15.3 Å². The summed E-state index contributed by atoms with van der Waals surface area (Å²) in [6.45, 7) is 4.49. The summed E-state index contributed by atoms with van der Waals surface area (Å²) in [5.41, 5.74) is -0.0626. The molecule has 2 heterocycles. The minimum Gasteiger partial charge on any atom is -0.548 e. The predicted molar refractivity (Wildman–Crippen MR) is 74.2 cm³/mol. The lowest BCUT2D eigenvalue weighted by Gasteiger charge is -2.06. The Morgan fingerprint density at radius 2 is 2.14 bits per heavy atom. The Kier molecular flexibility index (Phi) is 4.08. The first-order chi connectivity index (χ1) is 9.81. The van der Waals surface area contributed by atoms with Crippen LogP contribution in [0.4, 0.5) is 0 Å². The Hall–Kier alpha value is -2.22. The summed E-state index contributed by atoms with van der Waals surface area (Å²) >= 11 is 1.05. The van der Waals surface area contributed by atoms with Gasteiger partial charge in [-0.05, 0) is 26.3 Å². The molecule has 0 saturated heterocycles. The van der Waals surface area contributed by atoms with E-state index in [1.807, 2.05) is 0 Å². The molecule has 8 heteroatoms. The van der Waals surface area contributed by atoms with Crippen molar-refractivity contribution in [3.05, 3.63) is 27.1 Å². The van der Waals surface area contributed by atoms with E-state index in [-0.39, 0.29) is 11.5 Å². The van der Waals surface area contributed by atoms with Crippen LogP contribution in [-0.2, 0) is 16.1 Å². The molecule has 21 heavy (non-hydrogen) atoms. The first-order valence-corrected chi connectivity index (χ1v) is 7.02. The van der Waals surface area contributed by atoms with Crippen molar-refractivity contribution in [3.8, 4) is 0 Å². The fourth-order valence-electron chi connectivity index (χ4n) is 1.87. The number of aliphatic carboxylic acids is 1. The predicted octanol–water partition coefficient (Wildman–Crippen LogP) is 0.0815. The normalized spacial score (nSPS) is 11.0. The third-order valence-electron chi connectivity index (χ3n) is 2.74. The van der Waals surface area contributed by atoms with Gasteiger partial charge in [0.2, 0.25) is 0 Å². The molecule has 0 fully saturated rings. The Balaban J connectivity index is 2.57. The lowest BCUT2D eigenvalue weighted by Crippen LogP contribution is -2.32. The number of aryl methyl sites for hydroxylation is 1. The Morgan fingerprint density at radius 3 is 2.71 bits per heavy atom. The van der Waals surface area contributed by atoms with Crippen LogP contribution in [0.3, 0.4) is 0 Å². The summed E-state index contributed by atoms with van der Waals surface area (Å²) < 4.78 is 6.05. The molecule has 0 radical (unpaired) electrons. The van der Waals surface area contributed by atoms with Crippen LogP contribution in [0.2, 0.25) is 0 Å². The molecule has 7 nitrogen and oxygen atoms in total. The number of rotatable bonds is 4. The smallest absolute Gasteiger partial charge is 0.348 e. The summed E-state index contributed by atoms with van der Waals surface area (Å²) in [5.74, 6) is -1.90. The number of thiophene rings is 1. The minimum atomic E-state index is -1.38. The minimum absolute atomic E-state index is 0.236. The number of esters is 1. The maximum Gasteiger partial charge on any atom is 0.348 e. The molecule has 0 saturated carbocycles. The molecule has 0 aromatic carbocycles. The highest BCUT2D eigenvalue weighted by atomic mass is 32.1. The molecule has 0 spiro atoms. The quantitative estimate of drug-likeness (QED) is 0.741. The van der Waals surface area contributed by atoms with Crippen LogP contribution in [0, 0.1) is 6.92 Å². The van der Waals surface area contributed by atoms with Crippen LogP contribution < -0.4 is 10.7 Å². The van der Waals surface area contributed by atoms with Gasteiger partial charge in [0.05, 0.1) is 30.3 Å². The van der Waals surface area contributed by atoms with E-state index in [4.69, 9.17) is 4.74 Å². The van der Waals surface area contributed by atoms with Crippen molar-refractivity contribution in [2.24, 2.45) is 0 Å². The van der Waals surface area contributed by atoms with Gasteiger partial charge in [-0.3, -0.25) is 9.36 Å². The number of aromatic nitrogens is 2. The molecule has 0 atom stereocenters. The lowest BCUT2D eigenvalue weighted by molar-refractivity contribution is -0.306. The zero-order chi connectivity index (χ0) is 15.7. The lowest BCUT2D eigenvalue weighted by atomic mass is 10.2. The summed E-state index contributed by atoms with van der Waals surface area (Å²) in [4.78, 5) is 39.5. The Bertz CT molecular complexity index is 775. The number of hydrogen-bond donors (Lipinski definition) is 0. The molecule has 0 amide bonds. The molecule has 0 unspecified atom stereocenters. The number of ether oxygens (including phenoxy) is 1. The van der Waals surface area contributed by atoms with Crippen molar-refractivity contribution in [2.75, 3.05) is 0 Å². The fourth-order valence-corrected chi connectivity index (χ4v) is 2.90. The maximum atomic E-state index is 12.2. The van der Waals surface area contributed by atoms with E-state index in [9.17, 15) is 19.5 Å². The summed E-state index contributed by atoms with van der Waals surface area (Å²) in [7, 11) is 0. The van der Waals surface area contributed by atoms with Crippen molar-refractivity contribution in [3.63, 3.8) is 0 Å². The highest BCUT2D eigenvalue weighted by Gasteiger charge is 2.21. The van der Waals surface area contributed by atoms with E-state index >= 15 is 0 Å². The van der Waals surface area contributed by atoms with Crippen LogP contribution in [0.1, 0.15) is 29.1 Å². The van der Waals surface area contributed by atoms with Crippen LogP contribution in [0.5, 0.6) is 0 Å². The van der Waals surface area contributed by atoms with Gasteiger partial charge in [0.1, 0.15) is 9.71 Å². The number of hydrogen-bond acceptors (Lipinski definition) is 7. The standard InChI is InChI=1S/C13H14N2O5S/c1-6(2)20-13(19)10-7(3)9-11(21-10)14-5-15(12(9)18)4-8(16)17/h5-6H,4H2,1-3H3,(H,16,17)/p-1. The molecule has 2 aromatic rings. The van der Waals surface area contributed by atoms with Crippen molar-refractivity contribution < 1.29 is 19.4 Å². The van der Waals surface area contributed by atoms with Crippen LogP contribution in [0.25, 0.3) is 10.2 Å². The van der Waals surface area contributed by atoms with Gasteiger partial charge in [0.15, 0.2) is 0 Å². The molecule has 0 bridgehead atoms. The summed E-state index contributed by atoms with van der Waals surface area (Å²) in [6.07, 6.45) is 0.860. The van der Waals surface area contributed by atoms with Crippen molar-refractivity contribution >= 4 is 33.5 Å². The number of carboxylic acid groups (broad SMARTS) is 1. The first kappa shape index (κ1) is 15.2. The van der Waals surface area contributed by atoms with Gasteiger partial charge in [-0.2, -0.15) is 0 Å². The van der Waals surface area contributed by atoms with Crippen LogP contribution >= 0.6 is 11.3 Å². The molecule has 0 N–H and O–H groups in total. The van der Waals surface area contributed by atoms with Gasteiger partial charge in [0.25, 0.3) is 5.56 Å². The number of carbonyl (C=O) groups is 2. The second kappa shape index (κ2) is 5.65. The topological polar surface area (TPSA) is 101 Å². The zero-order valence-corrected chi connectivity index (χ0v) is 12.5. The van der Waals surface area contributed by atoms with Gasteiger partial charge >= 0.3 is 5.97 Å². The van der Waals surface area contributed by atoms with E-state index in [1.165, 1.54) is 0 Å². The largest absolute Gasteiger partial charge is 0.548 e. The highest BCUT2D eigenvalue weighted by molar-refractivity contribution is 7.20. The second-order valence-corrected chi connectivity index (χ2v) is 5.74. The molecular formula is C13H13N2O5S-.